The predicted octanol–water partition coefficient (Wildman–Crippen LogP) is 4.88. The summed E-state index contributed by atoms with van der Waals surface area (Å²) in [4.78, 5) is 13.0. The highest BCUT2D eigenvalue weighted by molar-refractivity contribution is 7.90. The summed E-state index contributed by atoms with van der Waals surface area (Å²) < 4.78 is 20.9. The Bertz CT molecular complexity index is 635. The Morgan fingerprint density at radius 3 is 2.39 bits per heavy atom. The Hall–Kier alpha value is -1.30. The van der Waals surface area contributed by atoms with Crippen LogP contribution in [0.25, 0.3) is 5.57 Å². The van der Waals surface area contributed by atoms with Crippen LogP contribution >= 0.6 is 0 Å². The smallest absolute Gasteiger partial charge is 0.328 e. The predicted molar refractivity (Wildman–Crippen MR) is 117 cm³/mol. The van der Waals surface area contributed by atoms with Crippen LogP contribution in [0.2, 0.25) is 0 Å². The molecule has 1 aromatic carbocycles. The lowest BCUT2D eigenvalue weighted by Gasteiger charge is -2.37. The van der Waals surface area contributed by atoms with Gasteiger partial charge in [-0.1, -0.05) is 56.2 Å². The molecule has 0 aromatic heterocycles. The molecule has 0 heterocycles. The van der Waals surface area contributed by atoms with Gasteiger partial charge in [-0.15, -0.1) is 4.72 Å². The van der Waals surface area contributed by atoms with Gasteiger partial charge in [-0.05, 0) is 57.6 Å². The molecule has 5 heteroatoms. The van der Waals surface area contributed by atoms with Crippen molar-refractivity contribution in [3.8, 4) is 0 Å². The first-order valence-corrected chi connectivity index (χ1v) is 11.5. The summed E-state index contributed by atoms with van der Waals surface area (Å²) in [5.74, 6) is -0.166. The van der Waals surface area contributed by atoms with Gasteiger partial charge in [-0.2, -0.15) is 0 Å². The van der Waals surface area contributed by atoms with E-state index in [1.54, 1.807) is 6.92 Å². The van der Waals surface area contributed by atoms with Gasteiger partial charge >= 0.3 is 5.97 Å². The van der Waals surface area contributed by atoms with Gasteiger partial charge in [0.05, 0.1) is 6.61 Å². The first-order chi connectivity index (χ1) is 13.3. The van der Waals surface area contributed by atoms with Crippen molar-refractivity contribution >= 4 is 22.9 Å². The summed E-state index contributed by atoms with van der Waals surface area (Å²) in [6.45, 7) is 12.2. The van der Waals surface area contributed by atoms with Gasteiger partial charge in [0.25, 0.3) is 0 Å². The van der Waals surface area contributed by atoms with Crippen molar-refractivity contribution < 1.29 is 14.1 Å². The molecule has 1 saturated carbocycles. The topological polar surface area (TPSA) is 61.4 Å². The molecule has 2 unspecified atom stereocenters. The molecule has 0 spiro atoms. The van der Waals surface area contributed by atoms with Crippen LogP contribution in [-0.2, 0) is 20.9 Å². The Balaban J connectivity index is 2.41. The molecule has 3 atom stereocenters. The fraction of sp³-hybridized carbons (Fsp3) is 0.609. The lowest BCUT2D eigenvalue weighted by molar-refractivity contribution is -0.146. The average Bonchev–Trinajstić information content (AvgIpc) is 2.68. The second-order valence-corrected chi connectivity index (χ2v) is 10.5. The van der Waals surface area contributed by atoms with Crippen LogP contribution < -0.4 is 4.72 Å². The summed E-state index contributed by atoms with van der Waals surface area (Å²) in [5.41, 5.74) is 1.94. The van der Waals surface area contributed by atoms with E-state index < -0.39 is 22.2 Å². The maximum atomic E-state index is 13.0. The third-order valence-corrected chi connectivity index (χ3v) is 6.97. The number of hydrogen-bond acceptors (Lipinski definition) is 4. The van der Waals surface area contributed by atoms with Gasteiger partial charge in [0.1, 0.15) is 4.75 Å². The zero-order valence-electron chi connectivity index (χ0n) is 17.7. The molecule has 1 N–H and O–H groups in total. The largest absolute Gasteiger partial charge is 0.598 e. The Labute approximate surface area is 173 Å². The quantitative estimate of drug-likeness (QED) is 0.495. The van der Waals surface area contributed by atoms with Gasteiger partial charge < -0.3 is 9.29 Å². The number of hydrogen-bond donors (Lipinski definition) is 1. The summed E-state index contributed by atoms with van der Waals surface area (Å²) >= 11 is -1.38. The number of nitrogens with one attached hydrogen (secondary N) is 1. The minimum atomic E-state index is -1.38. The molecule has 1 aromatic rings. The summed E-state index contributed by atoms with van der Waals surface area (Å²) in [6, 6.07) is 9.33. The van der Waals surface area contributed by atoms with E-state index in [1.165, 1.54) is 6.42 Å². The molecular formula is C23H35NO3S. The molecule has 1 fully saturated rings. The molecule has 156 valence electrons. The standard InChI is InChI=1S/C23H35NO3S/c1-6-27-22(25)21(24-28(26)23(3,4)5)20(19-15-11-8-12-16-19)17(2)18-13-9-7-10-14-18/h7,9-10,13-14,19-21,24H,2,6,8,11-12,15-16H2,1,3-5H3/t20?,21-,28?/m0/s1. The van der Waals surface area contributed by atoms with Crippen molar-refractivity contribution in [3.63, 3.8) is 0 Å². The molecule has 0 amide bonds. The van der Waals surface area contributed by atoms with E-state index in [0.717, 1.165) is 36.8 Å². The number of esters is 1. The fourth-order valence-corrected chi connectivity index (χ4v) is 4.72. The lowest BCUT2D eigenvalue weighted by Crippen LogP contribution is -2.53. The van der Waals surface area contributed by atoms with E-state index >= 15 is 0 Å². The van der Waals surface area contributed by atoms with Gasteiger partial charge in [0, 0.05) is 17.3 Å². The second kappa shape index (κ2) is 10.5. The summed E-state index contributed by atoms with van der Waals surface area (Å²) in [6.07, 6.45) is 5.64. The first kappa shape index (κ1) is 23.0. The molecule has 0 radical (unpaired) electrons. The number of rotatable bonds is 8. The SMILES string of the molecule is C=C(c1ccccc1)C(C1CCCCC1)[C@H](N[S+]([O-])C(C)(C)C)C(=O)OCC. The molecular weight excluding hydrogens is 370 g/mol. The van der Waals surface area contributed by atoms with Crippen molar-refractivity contribution in [2.24, 2.45) is 11.8 Å². The van der Waals surface area contributed by atoms with Crippen molar-refractivity contribution in [1.82, 2.24) is 4.72 Å². The van der Waals surface area contributed by atoms with E-state index in [-0.39, 0.29) is 11.9 Å². The molecule has 4 nitrogen and oxygen atoms in total. The van der Waals surface area contributed by atoms with Crippen LogP contribution in [-0.4, -0.2) is 27.9 Å². The van der Waals surface area contributed by atoms with Gasteiger partial charge in [-0.25, -0.2) is 0 Å². The molecule has 28 heavy (non-hydrogen) atoms. The Morgan fingerprint density at radius 1 is 1.25 bits per heavy atom. The van der Waals surface area contributed by atoms with Crippen LogP contribution in [0.4, 0.5) is 0 Å². The monoisotopic (exact) mass is 405 g/mol. The highest BCUT2D eigenvalue weighted by Gasteiger charge is 2.42. The van der Waals surface area contributed by atoms with Crippen molar-refractivity contribution in [2.75, 3.05) is 6.61 Å². The van der Waals surface area contributed by atoms with Crippen LogP contribution in [0.3, 0.4) is 0 Å². The van der Waals surface area contributed by atoms with Crippen LogP contribution in [0, 0.1) is 11.8 Å². The van der Waals surface area contributed by atoms with E-state index in [4.69, 9.17) is 4.74 Å². The number of carbonyl (C=O) groups is 1. The zero-order valence-corrected chi connectivity index (χ0v) is 18.5. The van der Waals surface area contributed by atoms with Crippen molar-refractivity contribution in [3.05, 3.63) is 42.5 Å². The van der Waals surface area contributed by atoms with E-state index in [1.807, 2.05) is 51.1 Å². The van der Waals surface area contributed by atoms with E-state index in [9.17, 15) is 9.35 Å². The van der Waals surface area contributed by atoms with E-state index in [0.29, 0.717) is 12.5 Å². The maximum Gasteiger partial charge on any atom is 0.328 e. The highest BCUT2D eigenvalue weighted by Crippen LogP contribution is 2.40. The minimum Gasteiger partial charge on any atom is -0.598 e. The van der Waals surface area contributed by atoms with Gasteiger partial charge in [0.2, 0.25) is 0 Å². The lowest BCUT2D eigenvalue weighted by atomic mass is 9.72. The summed E-state index contributed by atoms with van der Waals surface area (Å²) in [5, 5.41) is 0. The summed E-state index contributed by atoms with van der Waals surface area (Å²) in [7, 11) is 0. The number of ether oxygens (including phenoxy) is 1. The highest BCUT2D eigenvalue weighted by atomic mass is 32.2. The third kappa shape index (κ3) is 6.10. The third-order valence-electron chi connectivity index (χ3n) is 5.39. The van der Waals surface area contributed by atoms with Crippen molar-refractivity contribution in [2.45, 2.75) is 70.6 Å². The Kier molecular flexibility index (Phi) is 8.59. The molecule has 1 aliphatic carbocycles. The van der Waals surface area contributed by atoms with E-state index in [2.05, 4.69) is 11.3 Å². The van der Waals surface area contributed by atoms with Gasteiger partial charge in [0.15, 0.2) is 6.04 Å². The molecule has 2 rings (SSSR count). The Morgan fingerprint density at radius 2 is 1.86 bits per heavy atom. The zero-order chi connectivity index (χ0) is 20.7. The van der Waals surface area contributed by atoms with Crippen LogP contribution in [0.15, 0.2) is 36.9 Å². The van der Waals surface area contributed by atoms with Crippen LogP contribution in [0.5, 0.6) is 0 Å². The van der Waals surface area contributed by atoms with Gasteiger partial charge in [-0.3, -0.25) is 4.79 Å². The second-order valence-electron chi connectivity index (χ2n) is 8.54. The van der Waals surface area contributed by atoms with Crippen LogP contribution in [0.1, 0.15) is 65.4 Å². The number of benzene rings is 1. The number of carbonyl (C=O) groups excluding carboxylic acids is 1. The minimum absolute atomic E-state index is 0.145. The molecule has 0 bridgehead atoms. The fourth-order valence-electron chi connectivity index (χ4n) is 3.89. The molecule has 1 aliphatic rings. The maximum absolute atomic E-state index is 13.0. The molecule has 0 aliphatic heterocycles. The average molecular weight is 406 g/mol. The normalized spacial score (nSPS) is 18.9. The molecule has 0 saturated heterocycles. The first-order valence-electron chi connectivity index (χ1n) is 10.3. The van der Waals surface area contributed by atoms with Crippen molar-refractivity contribution in [1.29, 1.82) is 0 Å².